The van der Waals surface area contributed by atoms with Gasteiger partial charge in [-0.25, -0.2) is 0 Å². The number of anilines is 12. The highest BCUT2D eigenvalue weighted by Gasteiger charge is 2.40. The molecule has 0 atom stereocenters. The fraction of sp³-hybridized carbons (Fsp3) is 0.0556. The van der Waals surface area contributed by atoms with Crippen LogP contribution in [0.1, 0.15) is 61.1 Å². The van der Waals surface area contributed by atoms with Gasteiger partial charge in [-0.2, -0.15) is 0 Å². The van der Waals surface area contributed by atoms with Crippen molar-refractivity contribution < 1.29 is 4.42 Å². The van der Waals surface area contributed by atoms with E-state index in [4.69, 9.17) is 4.42 Å². The Morgan fingerprint density at radius 1 is 0.187 bits per heavy atom. The first-order valence-corrected chi connectivity index (χ1v) is 52.9. The van der Waals surface area contributed by atoms with Gasteiger partial charge in [0.15, 0.2) is 0 Å². The molecule has 2 aliphatic rings. The van der Waals surface area contributed by atoms with Crippen LogP contribution in [0.15, 0.2) is 514 Å². The van der Waals surface area contributed by atoms with E-state index >= 15 is 0 Å². The quantitative estimate of drug-likeness (QED) is 0.0899. The van der Waals surface area contributed by atoms with Crippen LogP contribution >= 0.6 is 11.3 Å². The van der Waals surface area contributed by atoms with Crippen LogP contribution in [0.4, 0.5) is 68.2 Å². The van der Waals surface area contributed by atoms with Gasteiger partial charge >= 0.3 is 0 Å². The molecule has 150 heavy (non-hydrogen) atoms. The first-order chi connectivity index (χ1) is 73.7. The molecule has 25 aromatic carbocycles. The first kappa shape index (κ1) is 89.2. The monoisotopic (exact) mass is 1930 g/mol. The number of fused-ring (bicyclic) bond motifs is 25. The lowest BCUT2D eigenvalue weighted by Gasteiger charge is -2.30. The number of rotatable bonds is 16. The van der Waals surface area contributed by atoms with E-state index in [0.717, 1.165) is 112 Å². The fourth-order valence-electron chi connectivity index (χ4n) is 24.8. The Balaban J connectivity index is 0.000000145. The molecule has 27 aromatic rings. The molecule has 2 aromatic heterocycles. The van der Waals surface area contributed by atoms with Gasteiger partial charge in [-0.05, 0) is 330 Å². The van der Waals surface area contributed by atoms with E-state index in [0.29, 0.717) is 0 Å². The third kappa shape index (κ3) is 14.8. The molecule has 0 saturated carbocycles. The number of para-hydroxylation sites is 5. The van der Waals surface area contributed by atoms with Crippen molar-refractivity contribution in [2.24, 2.45) is 0 Å². The number of furan rings is 1. The number of hydrogen-bond donors (Lipinski definition) is 0. The standard InChI is InChI=1S/C75H54N2S.C69H48N2O/c1-47-42-50(59-28-17-29-68-67-27-14-15-31-73(67)78-74(59)68)32-37-56(47)57-38-33-52(43-48(57)2)76(53-34-39-64-62-25-11-10-23-60(62)61-24-12-13-26-63(61)69(64)44-53)54-35-40-65-66-41-36-55(46-71(66)75(3,4)70(65)45-54)77(51-20-6-5-7-21-51)72-30-16-19-49-18-8-9-22-58(49)72;1-69(2)65-43-52(70(48-16-5-3-6-17-48)49-18-7-4-8-19-49)37-40-60(65)61-41-38-53(44-66(61)69)71(51-36-39-59-57-22-10-9-20-55(57)56-21-11-12-23-58(56)64(59)42-51)50-34-32-46(33-35-50)45-28-30-47(31-29-45)54-25-15-26-63-62-24-13-14-27-67(62)72-68(54)63/h5-46H,1-4H3;3-44H,1-2H3. The second-order valence-corrected chi connectivity index (χ2v) is 42.4. The molecular formula is C144H102N4OS. The van der Waals surface area contributed by atoms with E-state index in [1.165, 1.54) is 173 Å². The molecule has 0 saturated heterocycles. The molecule has 0 spiro atoms. The average molecular weight is 1940 g/mol. The van der Waals surface area contributed by atoms with Crippen LogP contribution < -0.4 is 19.6 Å². The molecule has 0 fully saturated rings. The zero-order valence-electron chi connectivity index (χ0n) is 84.1. The SMILES string of the molecule is CC1(C)c2cc(N(c3ccccc3)c3ccccc3)ccc2-c2ccc(N(c3ccc(-c4ccc(-c5cccc6c5oc5ccccc56)cc4)cc3)c3ccc4c5ccccc5c5ccccc5c4c3)cc21.Cc1cc(-c2cccc3c2sc2ccccc23)ccc1-c1ccc(N(c2ccc3c(c2)C(C)(C)c2cc(N(c4ccccc4)c4cccc5ccccc45)ccc2-3)c2ccc3c4ccccc4c4ccccc4c3c2)cc1C. The number of aryl methyl sites for hydroxylation is 2. The van der Waals surface area contributed by atoms with Gasteiger partial charge in [0.1, 0.15) is 11.2 Å². The van der Waals surface area contributed by atoms with Gasteiger partial charge in [-0.3, -0.25) is 0 Å². The molecule has 710 valence electrons. The highest BCUT2D eigenvalue weighted by atomic mass is 32.1. The van der Waals surface area contributed by atoms with Crippen LogP contribution in [0.5, 0.6) is 0 Å². The van der Waals surface area contributed by atoms with Crippen LogP contribution in [-0.4, -0.2) is 0 Å². The van der Waals surface area contributed by atoms with Gasteiger partial charge in [0, 0.05) is 115 Å². The predicted octanol–water partition coefficient (Wildman–Crippen LogP) is 41.5. The summed E-state index contributed by atoms with van der Waals surface area (Å²) in [5, 5.41) is 22.5. The molecule has 0 aliphatic heterocycles. The minimum Gasteiger partial charge on any atom is -0.455 e. The predicted molar refractivity (Wildman–Crippen MR) is 641 cm³/mol. The lowest BCUT2D eigenvalue weighted by molar-refractivity contribution is 0.660. The van der Waals surface area contributed by atoms with E-state index in [1.54, 1.807) is 0 Å². The summed E-state index contributed by atoms with van der Waals surface area (Å²) >= 11 is 1.89. The summed E-state index contributed by atoms with van der Waals surface area (Å²) in [5.74, 6) is 0. The van der Waals surface area contributed by atoms with Crippen LogP contribution in [0.3, 0.4) is 0 Å². The van der Waals surface area contributed by atoms with Crippen LogP contribution in [0.2, 0.25) is 0 Å². The second kappa shape index (κ2) is 35.7. The number of nitrogens with zero attached hydrogens (tertiary/aromatic N) is 4. The molecule has 0 amide bonds. The van der Waals surface area contributed by atoms with Crippen LogP contribution in [-0.2, 0) is 10.8 Å². The fourth-order valence-corrected chi connectivity index (χ4v) is 26.0. The maximum Gasteiger partial charge on any atom is 0.143 e. The second-order valence-electron chi connectivity index (χ2n) is 41.4. The number of thiophene rings is 1. The Kier molecular flexibility index (Phi) is 21.3. The average Bonchev–Trinajstić information content (AvgIpc) is 1.58. The van der Waals surface area contributed by atoms with Gasteiger partial charge in [0.25, 0.3) is 0 Å². The van der Waals surface area contributed by atoms with E-state index in [2.05, 4.69) is 559 Å². The van der Waals surface area contributed by atoms with E-state index in [-0.39, 0.29) is 10.8 Å². The zero-order valence-corrected chi connectivity index (χ0v) is 84.9. The Bertz CT molecular complexity index is 10000. The summed E-state index contributed by atoms with van der Waals surface area (Å²) in [7, 11) is 0. The maximum absolute atomic E-state index is 6.41. The molecule has 0 unspecified atom stereocenters. The van der Waals surface area contributed by atoms with E-state index in [1.807, 2.05) is 23.5 Å². The third-order valence-electron chi connectivity index (χ3n) is 32.1. The smallest absolute Gasteiger partial charge is 0.143 e. The lowest BCUT2D eigenvalue weighted by atomic mass is 9.82. The zero-order chi connectivity index (χ0) is 100. The Hall–Kier alpha value is -18.5. The molecule has 6 heteroatoms. The highest BCUT2D eigenvalue weighted by molar-refractivity contribution is 7.26. The van der Waals surface area contributed by atoms with Gasteiger partial charge in [0.2, 0.25) is 0 Å². The van der Waals surface area contributed by atoms with Crippen LogP contribution in [0, 0.1) is 13.8 Å². The Labute approximate surface area is 876 Å². The van der Waals surface area contributed by atoms with Crippen molar-refractivity contribution in [2.45, 2.75) is 52.4 Å². The summed E-state index contributed by atoms with van der Waals surface area (Å²) < 4.78 is 9.09. The molecule has 0 radical (unpaired) electrons. The number of benzene rings is 25. The molecular weight excluding hydrogens is 1830 g/mol. The van der Waals surface area contributed by atoms with Crippen molar-refractivity contribution >= 4 is 197 Å². The van der Waals surface area contributed by atoms with Crippen molar-refractivity contribution in [3.05, 3.63) is 543 Å². The molecule has 0 N–H and O–H groups in total. The molecule has 2 aliphatic carbocycles. The van der Waals surface area contributed by atoms with Gasteiger partial charge in [-0.15, -0.1) is 11.3 Å². The minimum atomic E-state index is -0.298. The molecule has 0 bridgehead atoms. The Morgan fingerprint density at radius 2 is 0.500 bits per heavy atom. The van der Waals surface area contributed by atoms with Crippen molar-refractivity contribution in [3.63, 3.8) is 0 Å². The van der Waals surface area contributed by atoms with Gasteiger partial charge in [0.05, 0.1) is 5.69 Å². The van der Waals surface area contributed by atoms with Gasteiger partial charge < -0.3 is 24.0 Å². The maximum atomic E-state index is 6.41. The van der Waals surface area contributed by atoms with Gasteiger partial charge in [-0.1, -0.05) is 386 Å². The molecule has 2 heterocycles. The largest absolute Gasteiger partial charge is 0.455 e. The first-order valence-electron chi connectivity index (χ1n) is 52.1. The van der Waals surface area contributed by atoms with Crippen molar-refractivity contribution in [1.82, 2.24) is 0 Å². The van der Waals surface area contributed by atoms with E-state index < -0.39 is 0 Å². The highest BCUT2D eigenvalue weighted by Crippen LogP contribution is 2.58. The molecule has 29 rings (SSSR count). The van der Waals surface area contributed by atoms with E-state index in [9.17, 15) is 0 Å². The third-order valence-corrected chi connectivity index (χ3v) is 33.3. The Morgan fingerprint density at radius 3 is 0.993 bits per heavy atom. The lowest BCUT2D eigenvalue weighted by Crippen LogP contribution is -2.18. The van der Waals surface area contributed by atoms with Crippen molar-refractivity contribution in [1.29, 1.82) is 0 Å². The van der Waals surface area contributed by atoms with Crippen LogP contribution in [0.25, 0.3) is 184 Å². The topological polar surface area (TPSA) is 26.1 Å². The summed E-state index contributed by atoms with van der Waals surface area (Å²) in [6.07, 6.45) is 0. The van der Waals surface area contributed by atoms with Crippen molar-refractivity contribution in [3.8, 4) is 66.8 Å². The summed E-state index contributed by atoms with van der Waals surface area (Å²) in [6.45, 7) is 14.1. The molecule has 5 nitrogen and oxygen atoms in total. The normalized spacial score (nSPS) is 12.7. The summed E-state index contributed by atoms with van der Waals surface area (Å²) in [4.78, 5) is 9.72. The summed E-state index contributed by atoms with van der Waals surface area (Å²) in [6, 6.07) is 188. The summed E-state index contributed by atoms with van der Waals surface area (Å²) in [5.41, 5.74) is 37.3. The number of hydrogen-bond acceptors (Lipinski definition) is 6. The minimum absolute atomic E-state index is 0.272. The van der Waals surface area contributed by atoms with Crippen molar-refractivity contribution in [2.75, 3.05) is 19.6 Å².